The smallest absolute Gasteiger partial charge is 0.253 e. The highest BCUT2D eigenvalue weighted by atomic mass is 16.2. The van der Waals surface area contributed by atoms with E-state index < -0.39 is 0 Å². The van der Waals surface area contributed by atoms with E-state index in [1.165, 1.54) is 32.1 Å². The second-order valence-electron chi connectivity index (χ2n) is 7.20. The van der Waals surface area contributed by atoms with Gasteiger partial charge in [0.25, 0.3) is 5.91 Å². The minimum absolute atomic E-state index is 0.211. The molecule has 0 heterocycles. The van der Waals surface area contributed by atoms with Crippen LogP contribution >= 0.6 is 0 Å². The molecular formula is C18H23NO. The molecule has 0 aliphatic heterocycles. The Morgan fingerprint density at radius 3 is 2.05 bits per heavy atom. The van der Waals surface area contributed by atoms with Gasteiger partial charge >= 0.3 is 0 Å². The van der Waals surface area contributed by atoms with Crippen molar-refractivity contribution in [3.8, 4) is 0 Å². The van der Waals surface area contributed by atoms with Gasteiger partial charge in [-0.15, -0.1) is 0 Å². The summed E-state index contributed by atoms with van der Waals surface area (Å²) in [6.07, 6.45) is 6.93. The fourth-order valence-corrected chi connectivity index (χ4v) is 5.45. The first-order valence-electron chi connectivity index (χ1n) is 8.04. The van der Waals surface area contributed by atoms with E-state index in [1.54, 1.807) is 0 Å². The average molecular weight is 269 g/mol. The molecular weight excluding hydrogens is 246 g/mol. The Hall–Kier alpha value is -1.31. The first kappa shape index (κ1) is 12.4. The summed E-state index contributed by atoms with van der Waals surface area (Å²) in [6.45, 7) is 0. The molecule has 1 aromatic carbocycles. The third kappa shape index (κ3) is 1.88. The predicted molar refractivity (Wildman–Crippen MR) is 79.4 cm³/mol. The van der Waals surface area contributed by atoms with Crippen LogP contribution < -0.4 is 0 Å². The van der Waals surface area contributed by atoms with Crippen LogP contribution in [0.2, 0.25) is 0 Å². The molecule has 4 saturated carbocycles. The molecule has 0 N–H and O–H groups in total. The van der Waals surface area contributed by atoms with Crippen LogP contribution in [0.25, 0.3) is 0 Å². The molecule has 4 bridgehead atoms. The van der Waals surface area contributed by atoms with Crippen molar-refractivity contribution in [2.45, 2.75) is 38.1 Å². The minimum Gasteiger partial charge on any atom is -0.338 e. The summed E-state index contributed by atoms with van der Waals surface area (Å²) < 4.78 is 0. The molecule has 4 fully saturated rings. The van der Waals surface area contributed by atoms with Gasteiger partial charge in [0.2, 0.25) is 0 Å². The molecule has 4 aliphatic carbocycles. The first-order chi connectivity index (χ1) is 9.72. The van der Waals surface area contributed by atoms with Crippen molar-refractivity contribution in [2.24, 2.45) is 23.7 Å². The van der Waals surface area contributed by atoms with Gasteiger partial charge < -0.3 is 4.90 Å². The zero-order valence-corrected chi connectivity index (χ0v) is 12.2. The van der Waals surface area contributed by atoms with Crippen LogP contribution in [0, 0.1) is 23.7 Å². The van der Waals surface area contributed by atoms with E-state index in [-0.39, 0.29) is 5.91 Å². The van der Waals surface area contributed by atoms with E-state index >= 15 is 0 Å². The van der Waals surface area contributed by atoms with Gasteiger partial charge in [-0.3, -0.25) is 4.79 Å². The molecule has 0 atom stereocenters. The van der Waals surface area contributed by atoms with Gasteiger partial charge in [0.05, 0.1) is 0 Å². The Morgan fingerprint density at radius 1 is 0.950 bits per heavy atom. The predicted octanol–water partition coefficient (Wildman–Crippen LogP) is 3.58. The maximum atomic E-state index is 12.7. The van der Waals surface area contributed by atoms with E-state index in [4.69, 9.17) is 0 Å². The summed E-state index contributed by atoms with van der Waals surface area (Å²) >= 11 is 0. The Kier molecular flexibility index (Phi) is 2.87. The van der Waals surface area contributed by atoms with Crippen LogP contribution in [0.5, 0.6) is 0 Å². The fraction of sp³-hybridized carbons (Fsp3) is 0.611. The molecule has 2 heteroatoms. The normalized spacial score (nSPS) is 38.0. The highest BCUT2D eigenvalue weighted by Gasteiger charge is 2.50. The van der Waals surface area contributed by atoms with Crippen LogP contribution in [-0.4, -0.2) is 23.9 Å². The summed E-state index contributed by atoms with van der Waals surface area (Å²) in [5.74, 6) is 3.68. The van der Waals surface area contributed by atoms with Crippen molar-refractivity contribution in [2.75, 3.05) is 7.05 Å². The molecule has 20 heavy (non-hydrogen) atoms. The van der Waals surface area contributed by atoms with E-state index in [0.29, 0.717) is 6.04 Å². The number of carbonyl (C=O) groups excluding carboxylic acids is 1. The van der Waals surface area contributed by atoms with Crippen molar-refractivity contribution in [1.82, 2.24) is 4.90 Å². The van der Waals surface area contributed by atoms with Crippen LogP contribution in [-0.2, 0) is 0 Å². The second-order valence-corrected chi connectivity index (χ2v) is 7.20. The zero-order valence-electron chi connectivity index (χ0n) is 12.2. The average Bonchev–Trinajstić information content (AvgIpc) is 2.46. The number of nitrogens with zero attached hydrogens (tertiary/aromatic N) is 1. The fourth-order valence-electron chi connectivity index (χ4n) is 5.45. The molecule has 4 aliphatic rings. The number of hydrogen-bond donors (Lipinski definition) is 0. The Labute approximate surface area is 121 Å². The quantitative estimate of drug-likeness (QED) is 0.803. The molecule has 5 rings (SSSR count). The molecule has 0 spiro atoms. The van der Waals surface area contributed by atoms with Crippen molar-refractivity contribution in [3.05, 3.63) is 35.9 Å². The van der Waals surface area contributed by atoms with Gasteiger partial charge in [0.1, 0.15) is 0 Å². The van der Waals surface area contributed by atoms with Crippen LogP contribution in [0.4, 0.5) is 0 Å². The van der Waals surface area contributed by atoms with Gasteiger partial charge in [0.15, 0.2) is 0 Å². The second kappa shape index (κ2) is 4.61. The minimum atomic E-state index is 0.211. The van der Waals surface area contributed by atoms with Gasteiger partial charge in [-0.2, -0.15) is 0 Å². The third-order valence-corrected chi connectivity index (χ3v) is 5.97. The first-order valence-corrected chi connectivity index (χ1v) is 8.04. The summed E-state index contributed by atoms with van der Waals surface area (Å²) in [6, 6.07) is 10.3. The largest absolute Gasteiger partial charge is 0.338 e. The number of carbonyl (C=O) groups is 1. The highest BCUT2D eigenvalue weighted by Crippen LogP contribution is 2.55. The van der Waals surface area contributed by atoms with Gasteiger partial charge in [-0.25, -0.2) is 0 Å². The number of hydrogen-bond acceptors (Lipinski definition) is 1. The summed E-state index contributed by atoms with van der Waals surface area (Å²) in [7, 11) is 2.03. The lowest BCUT2D eigenvalue weighted by Gasteiger charge is -2.56. The highest BCUT2D eigenvalue weighted by molar-refractivity contribution is 5.94. The van der Waals surface area contributed by atoms with E-state index in [9.17, 15) is 4.79 Å². The third-order valence-electron chi connectivity index (χ3n) is 5.97. The van der Waals surface area contributed by atoms with E-state index in [2.05, 4.69) is 4.90 Å². The summed E-state index contributed by atoms with van der Waals surface area (Å²) in [4.78, 5) is 14.8. The lowest BCUT2D eigenvalue weighted by molar-refractivity contribution is -0.0491. The van der Waals surface area contributed by atoms with E-state index in [0.717, 1.165) is 29.2 Å². The molecule has 0 aromatic heterocycles. The van der Waals surface area contributed by atoms with Gasteiger partial charge in [-0.1, -0.05) is 18.2 Å². The molecule has 2 nitrogen and oxygen atoms in total. The SMILES string of the molecule is CN(C(=O)c1ccccc1)C1C2CC3CC(C2)CC1C3. The number of rotatable bonds is 2. The lowest BCUT2D eigenvalue weighted by atomic mass is 9.54. The zero-order chi connectivity index (χ0) is 13.7. The Bertz CT molecular complexity index is 481. The standard InChI is InChI=1S/C18H23NO/c1-19(18(20)14-5-3-2-4-6-14)17-15-8-12-7-13(10-15)11-16(17)9-12/h2-6,12-13,15-17H,7-11H2,1H3. The molecule has 0 unspecified atom stereocenters. The summed E-state index contributed by atoms with van der Waals surface area (Å²) in [5.41, 5.74) is 0.837. The van der Waals surface area contributed by atoms with Gasteiger partial charge in [0, 0.05) is 18.7 Å². The van der Waals surface area contributed by atoms with Gasteiger partial charge in [-0.05, 0) is 67.9 Å². The lowest BCUT2D eigenvalue weighted by Crippen LogP contribution is -2.56. The molecule has 0 radical (unpaired) electrons. The van der Waals surface area contributed by atoms with Crippen LogP contribution in [0.1, 0.15) is 42.5 Å². The van der Waals surface area contributed by atoms with E-state index in [1.807, 2.05) is 37.4 Å². The number of benzene rings is 1. The van der Waals surface area contributed by atoms with Crippen LogP contribution in [0.15, 0.2) is 30.3 Å². The monoisotopic (exact) mass is 269 g/mol. The number of amides is 1. The van der Waals surface area contributed by atoms with Crippen molar-refractivity contribution < 1.29 is 4.79 Å². The topological polar surface area (TPSA) is 20.3 Å². The Balaban J connectivity index is 1.57. The van der Waals surface area contributed by atoms with Crippen molar-refractivity contribution in [1.29, 1.82) is 0 Å². The summed E-state index contributed by atoms with van der Waals surface area (Å²) in [5, 5.41) is 0. The molecule has 0 saturated heterocycles. The maximum Gasteiger partial charge on any atom is 0.253 e. The van der Waals surface area contributed by atoms with Crippen molar-refractivity contribution >= 4 is 5.91 Å². The maximum absolute atomic E-state index is 12.7. The van der Waals surface area contributed by atoms with Crippen molar-refractivity contribution in [3.63, 3.8) is 0 Å². The molecule has 1 amide bonds. The van der Waals surface area contributed by atoms with Crippen LogP contribution in [0.3, 0.4) is 0 Å². The molecule has 106 valence electrons. The Morgan fingerprint density at radius 2 is 1.50 bits per heavy atom. The molecule has 1 aromatic rings.